The summed E-state index contributed by atoms with van der Waals surface area (Å²) in [6.45, 7) is 9.22. The first-order valence-corrected chi connectivity index (χ1v) is 14.7. The number of para-hydroxylation sites is 1. The van der Waals surface area contributed by atoms with Crippen LogP contribution in [0.15, 0.2) is 69.8 Å². The molecule has 1 saturated heterocycles. The molecular weight excluding hydrogens is 538 g/mol. The second-order valence-electron chi connectivity index (χ2n) is 11.3. The number of anilines is 1. The third-order valence-electron chi connectivity index (χ3n) is 7.11. The van der Waals surface area contributed by atoms with Crippen LogP contribution in [0.1, 0.15) is 32.9 Å². The van der Waals surface area contributed by atoms with Gasteiger partial charge in [-0.25, -0.2) is 14.8 Å². The minimum absolute atomic E-state index is 0.00892. The van der Waals surface area contributed by atoms with Gasteiger partial charge >= 0.3 is 6.09 Å². The van der Waals surface area contributed by atoms with Crippen LogP contribution in [0.3, 0.4) is 0 Å². The van der Waals surface area contributed by atoms with Crippen molar-refractivity contribution in [1.29, 1.82) is 0 Å². The van der Waals surface area contributed by atoms with E-state index in [9.17, 15) is 9.59 Å². The van der Waals surface area contributed by atoms with Gasteiger partial charge in [-0.3, -0.25) is 19.1 Å². The number of benzene rings is 1. The normalized spacial score (nSPS) is 19.1. The van der Waals surface area contributed by atoms with E-state index in [1.165, 1.54) is 0 Å². The summed E-state index contributed by atoms with van der Waals surface area (Å²) < 4.78 is 7.63. The van der Waals surface area contributed by atoms with Gasteiger partial charge in [-0.1, -0.05) is 30.4 Å². The number of rotatable bonds is 5. The maximum atomic E-state index is 13.1. The number of hydrogen-bond acceptors (Lipinski definition) is 8. The molecule has 0 spiro atoms. The van der Waals surface area contributed by atoms with E-state index in [1.54, 1.807) is 22.5 Å². The van der Waals surface area contributed by atoms with Crippen molar-refractivity contribution in [2.24, 2.45) is 9.98 Å². The first kappa shape index (κ1) is 27.1. The molecule has 1 N–H and O–H groups in total. The second kappa shape index (κ2) is 11.1. The summed E-state index contributed by atoms with van der Waals surface area (Å²) in [5.41, 5.74) is 4.01. The van der Waals surface area contributed by atoms with E-state index in [0.717, 1.165) is 53.7 Å². The van der Waals surface area contributed by atoms with Crippen molar-refractivity contribution >= 4 is 45.9 Å². The highest BCUT2D eigenvalue weighted by molar-refractivity contribution is 7.15. The Morgan fingerprint density at radius 1 is 1.15 bits per heavy atom. The van der Waals surface area contributed by atoms with E-state index < -0.39 is 5.60 Å². The molecule has 3 aliphatic rings. The number of nitrogens with one attached hydrogen (secondary N) is 1. The molecule has 1 fully saturated rings. The van der Waals surface area contributed by atoms with Crippen molar-refractivity contribution < 1.29 is 14.3 Å². The van der Waals surface area contributed by atoms with Crippen LogP contribution in [-0.4, -0.2) is 80.9 Å². The molecule has 1 atom stereocenters. The largest absolute Gasteiger partial charge is 0.444 e. The van der Waals surface area contributed by atoms with Crippen molar-refractivity contribution in [2.75, 3.05) is 31.5 Å². The predicted octanol–water partition coefficient (Wildman–Crippen LogP) is 4.79. The maximum Gasteiger partial charge on any atom is 0.410 e. The molecule has 0 bridgehead atoms. The zero-order chi connectivity index (χ0) is 28.6. The number of carbonyl (C=O) groups excluding carboxylic acids is 2. The van der Waals surface area contributed by atoms with Crippen LogP contribution in [0.25, 0.3) is 16.2 Å². The number of hydrogen-bond donors (Lipinski definition) is 1. The zero-order valence-corrected chi connectivity index (χ0v) is 24.2. The Kier molecular flexibility index (Phi) is 7.31. The first-order valence-electron chi connectivity index (χ1n) is 13.8. The molecule has 4 heterocycles. The average molecular weight is 572 g/mol. The van der Waals surface area contributed by atoms with E-state index in [4.69, 9.17) is 9.72 Å². The Morgan fingerprint density at radius 2 is 1.95 bits per heavy atom. The van der Waals surface area contributed by atoms with Crippen LogP contribution in [0, 0.1) is 0 Å². The fourth-order valence-corrected chi connectivity index (χ4v) is 5.88. The Bertz CT molecular complexity index is 1600. The molecule has 1 unspecified atom stereocenters. The Hall–Kier alpha value is -4.09. The minimum atomic E-state index is -0.496. The molecule has 0 radical (unpaired) electrons. The van der Waals surface area contributed by atoms with E-state index >= 15 is 0 Å². The van der Waals surface area contributed by atoms with Crippen LogP contribution in [0.5, 0.6) is 0 Å². The summed E-state index contributed by atoms with van der Waals surface area (Å²) in [4.78, 5) is 44.4. The van der Waals surface area contributed by atoms with E-state index in [2.05, 4.69) is 36.1 Å². The summed E-state index contributed by atoms with van der Waals surface area (Å²) in [5, 5.41) is 5.14. The third kappa shape index (κ3) is 6.01. The van der Waals surface area contributed by atoms with E-state index in [1.807, 2.05) is 63.4 Å². The number of allylic oxidation sites excluding steroid dienone is 2. The fourth-order valence-electron chi connectivity index (χ4n) is 5.01. The summed E-state index contributed by atoms with van der Waals surface area (Å²) in [6.07, 6.45) is 10.0. The van der Waals surface area contributed by atoms with Crippen molar-refractivity contribution in [3.63, 3.8) is 0 Å². The van der Waals surface area contributed by atoms with Gasteiger partial charge in [0, 0.05) is 55.6 Å². The molecule has 6 rings (SSSR count). The van der Waals surface area contributed by atoms with Gasteiger partial charge < -0.3 is 15.0 Å². The topological polar surface area (TPSA) is 104 Å². The van der Waals surface area contributed by atoms with Crippen molar-refractivity contribution in [3.05, 3.63) is 65.5 Å². The molecule has 0 saturated carbocycles. The van der Waals surface area contributed by atoms with Crippen LogP contribution < -0.4 is 5.32 Å². The molecular formula is C30H33N7O3S. The molecule has 11 heteroatoms. The van der Waals surface area contributed by atoms with Gasteiger partial charge in [-0.2, -0.15) is 0 Å². The second-order valence-corrected chi connectivity index (χ2v) is 12.1. The maximum absolute atomic E-state index is 13.1. The number of carbonyl (C=O) groups is 2. The summed E-state index contributed by atoms with van der Waals surface area (Å²) in [7, 11) is 0. The molecule has 1 aromatic carbocycles. The Labute approximate surface area is 242 Å². The van der Waals surface area contributed by atoms with Crippen molar-refractivity contribution in [2.45, 2.75) is 45.4 Å². The lowest BCUT2D eigenvalue weighted by Crippen LogP contribution is -2.49. The van der Waals surface area contributed by atoms with E-state index in [0.29, 0.717) is 18.8 Å². The highest BCUT2D eigenvalue weighted by atomic mass is 32.1. The number of imidazole rings is 1. The number of piperazine rings is 1. The molecule has 2 aliphatic heterocycles. The van der Waals surface area contributed by atoms with Crippen LogP contribution in [-0.2, 0) is 16.1 Å². The Balaban J connectivity index is 1.14. The molecule has 41 heavy (non-hydrogen) atoms. The average Bonchev–Trinajstić information content (AvgIpc) is 3.54. The van der Waals surface area contributed by atoms with E-state index in [-0.39, 0.29) is 23.8 Å². The van der Waals surface area contributed by atoms with Crippen molar-refractivity contribution in [1.82, 2.24) is 19.2 Å². The van der Waals surface area contributed by atoms with Crippen LogP contribution >= 0.6 is 11.3 Å². The van der Waals surface area contributed by atoms with Gasteiger partial charge in [-0.15, -0.1) is 11.3 Å². The molecule has 10 nitrogen and oxygen atoms in total. The number of ether oxygens (including phenoxy) is 1. The molecule has 1 aliphatic carbocycles. The number of fused-ring (bicyclic) bond motifs is 2. The van der Waals surface area contributed by atoms with Crippen molar-refractivity contribution in [3.8, 4) is 11.3 Å². The number of aromatic nitrogens is 2. The summed E-state index contributed by atoms with van der Waals surface area (Å²) >= 11 is 1.59. The molecule has 2 amide bonds. The summed E-state index contributed by atoms with van der Waals surface area (Å²) in [6, 6.07) is 7.65. The third-order valence-corrected chi connectivity index (χ3v) is 8.00. The lowest BCUT2D eigenvalue weighted by atomic mass is 10.0. The summed E-state index contributed by atoms with van der Waals surface area (Å²) in [5.74, 6) is -0.303. The fraction of sp³-hybridized carbons (Fsp3) is 0.367. The highest BCUT2D eigenvalue weighted by Crippen LogP contribution is 2.30. The standard InChI is InChI=1S/C30H33N7O3S/c1-30(2,3)40-29(39)36-14-12-35(13-15-36)17-20-19-41-28-34-26(18-37(20)28)21-8-4-5-9-22(21)33-27(38)25-16-31-23-10-6-7-11-24(23)32-25/h4-9,11,16,18-19,23H,10,12-15,17H2,1-3H3,(H,33,38). The smallest absolute Gasteiger partial charge is 0.410 e. The lowest BCUT2D eigenvalue weighted by molar-refractivity contribution is -0.110. The molecule has 2 aromatic heterocycles. The first-order chi connectivity index (χ1) is 19.7. The number of thiazole rings is 1. The minimum Gasteiger partial charge on any atom is -0.444 e. The van der Waals surface area contributed by atoms with Gasteiger partial charge in [0.25, 0.3) is 5.91 Å². The highest BCUT2D eigenvalue weighted by Gasteiger charge is 2.27. The Morgan fingerprint density at radius 3 is 2.76 bits per heavy atom. The number of aliphatic imine (C=N–C) groups is 2. The number of nitrogens with zero attached hydrogens (tertiary/aromatic N) is 6. The predicted molar refractivity (Wildman–Crippen MR) is 162 cm³/mol. The van der Waals surface area contributed by atoms with Gasteiger partial charge in [-0.05, 0) is 39.3 Å². The van der Waals surface area contributed by atoms with Gasteiger partial charge in [0.15, 0.2) is 4.96 Å². The van der Waals surface area contributed by atoms with Crippen LogP contribution in [0.4, 0.5) is 10.5 Å². The molecule has 3 aromatic rings. The molecule has 212 valence electrons. The van der Waals surface area contributed by atoms with Gasteiger partial charge in [0.1, 0.15) is 11.3 Å². The van der Waals surface area contributed by atoms with Crippen LogP contribution in [0.2, 0.25) is 0 Å². The SMILES string of the molecule is CC(C)(C)OC(=O)N1CCN(Cc2csc3nc(-c4ccccc4NC(=O)C4=NC5=CC=CCC5N=C4)cn23)CC1. The quantitative estimate of drug-likeness (QED) is 0.474. The number of amides is 2. The monoisotopic (exact) mass is 571 g/mol. The van der Waals surface area contributed by atoms with Gasteiger partial charge in [0.2, 0.25) is 0 Å². The van der Waals surface area contributed by atoms with Gasteiger partial charge in [0.05, 0.1) is 29.3 Å². The zero-order valence-electron chi connectivity index (χ0n) is 23.4. The lowest BCUT2D eigenvalue weighted by Gasteiger charge is -2.35.